The summed E-state index contributed by atoms with van der Waals surface area (Å²) in [4.78, 5) is 111. The van der Waals surface area contributed by atoms with E-state index in [0.29, 0.717) is 61.4 Å². The van der Waals surface area contributed by atoms with Crippen LogP contribution in [-0.2, 0) is 77.7 Å². The van der Waals surface area contributed by atoms with E-state index in [2.05, 4.69) is 47.3 Å². The zero-order chi connectivity index (χ0) is 85.7. The first kappa shape index (κ1) is 116. The Labute approximate surface area is 641 Å². The SMILES string of the molecule is CCC(C)(C)C(=O)NC.CCC(C)(C)C(=O)NC(C)(C)CS(=O)(=O)O.CCC(C)(C)C(=O)NCCC[N+](C)(C)CCC(=O)[O-].CCC(C)(C)C(=O)NCOC.CCC(C)C(=O)NC.CCC(C)C(=O)NC(C)(C)CS(=O)(=O)O.CCC(C)C(=O)NCCC[N+](C)(C)CCC(=O)[O-].CCC(C)C(=O)NCOC. The number of carbonyl (C=O) groups is 10. The number of ether oxygens (including phenoxy) is 2. The fraction of sp³-hybridized carbons (Fsp3) is 0.865. The molecule has 0 aliphatic rings. The van der Waals surface area contributed by atoms with Gasteiger partial charge < -0.3 is 80.8 Å². The molecule has 30 nitrogen and oxygen atoms in total. The van der Waals surface area contributed by atoms with Crippen LogP contribution in [0.2, 0.25) is 0 Å². The molecule has 632 valence electrons. The Balaban J connectivity index is -0.000000175. The van der Waals surface area contributed by atoms with Gasteiger partial charge in [0.15, 0.2) is 0 Å². The quantitative estimate of drug-likeness (QED) is 0.0151. The van der Waals surface area contributed by atoms with Crippen molar-refractivity contribution in [3.63, 3.8) is 0 Å². The van der Waals surface area contributed by atoms with E-state index in [1.807, 2.05) is 146 Å². The smallest absolute Gasteiger partial charge is 0.267 e. The summed E-state index contributed by atoms with van der Waals surface area (Å²) in [5, 5.41) is 42.3. The molecule has 0 aromatic rings. The van der Waals surface area contributed by atoms with Crippen LogP contribution in [-0.4, -0.2) is 226 Å². The minimum atomic E-state index is -4.09. The molecular weight excluding hydrogens is 1410 g/mol. The van der Waals surface area contributed by atoms with E-state index in [-0.39, 0.29) is 100 Å². The number of hydrogen-bond acceptors (Lipinski definition) is 18. The zero-order valence-corrected chi connectivity index (χ0v) is 73.5. The molecule has 0 fully saturated rings. The fourth-order valence-electron chi connectivity index (χ4n) is 7.43. The Morgan fingerprint density at radius 1 is 0.396 bits per heavy atom. The molecule has 0 aliphatic heterocycles. The molecule has 8 amide bonds. The van der Waals surface area contributed by atoms with Gasteiger partial charge in [-0.2, -0.15) is 16.8 Å². The van der Waals surface area contributed by atoms with Crippen molar-refractivity contribution in [2.45, 2.75) is 254 Å². The highest BCUT2D eigenvalue weighted by atomic mass is 32.2. The third-order valence-corrected chi connectivity index (χ3v) is 20.0. The summed E-state index contributed by atoms with van der Waals surface area (Å²) in [5.74, 6) is -2.73. The number of rotatable bonds is 40. The number of carbonyl (C=O) groups excluding carboxylic acids is 10. The molecule has 0 saturated carbocycles. The average Bonchev–Trinajstić information content (AvgIpc) is 0.850. The highest BCUT2D eigenvalue weighted by Gasteiger charge is 2.34. The van der Waals surface area contributed by atoms with E-state index in [9.17, 15) is 75.0 Å². The van der Waals surface area contributed by atoms with Crippen LogP contribution in [0.4, 0.5) is 0 Å². The lowest BCUT2D eigenvalue weighted by atomic mass is 9.88. The van der Waals surface area contributed by atoms with Crippen LogP contribution in [0.1, 0.15) is 243 Å². The second-order valence-corrected chi connectivity index (χ2v) is 34.6. The van der Waals surface area contributed by atoms with Gasteiger partial charge in [0, 0.05) is 124 Å². The van der Waals surface area contributed by atoms with Crippen LogP contribution in [0, 0.1) is 45.3 Å². The number of aliphatic carboxylic acids is 2. The van der Waals surface area contributed by atoms with Gasteiger partial charge in [-0.15, -0.1) is 0 Å². The van der Waals surface area contributed by atoms with Crippen molar-refractivity contribution in [2.24, 2.45) is 45.3 Å². The number of hydrogen-bond donors (Lipinski definition) is 10. The molecule has 0 saturated heterocycles. The molecule has 0 spiro atoms. The van der Waals surface area contributed by atoms with Crippen molar-refractivity contribution in [1.82, 2.24) is 42.5 Å². The molecular formula is C74H154N10O20S2. The van der Waals surface area contributed by atoms with Crippen molar-refractivity contribution >= 4 is 79.4 Å². The third kappa shape index (κ3) is 68.9. The van der Waals surface area contributed by atoms with Gasteiger partial charge in [-0.3, -0.25) is 47.5 Å². The zero-order valence-electron chi connectivity index (χ0n) is 71.8. The summed E-state index contributed by atoms with van der Waals surface area (Å²) in [6.45, 7) is 49.3. The van der Waals surface area contributed by atoms with Crippen molar-refractivity contribution in [3.05, 3.63) is 0 Å². The molecule has 4 atom stereocenters. The molecule has 0 heterocycles. The first-order valence-corrected chi connectivity index (χ1v) is 40.2. The molecule has 10 N–H and O–H groups in total. The second kappa shape index (κ2) is 58.3. The number of nitrogens with zero attached hydrogens (tertiary/aromatic N) is 2. The standard InChI is InChI=1S/C14H28N2O3.C13H26N2O3.C10H21NO4S.C9H19NO4S.C8H17NO2.C7H15NO2.C7H15NO.C6H13NO/c1-6-14(2,3)13(19)15-9-7-10-16(4,5)11-8-12(17)18;1-5-11(2)13(18)14-8-6-9-15(3,4)10-7-12(16)17;1-6-9(2,3)8(12)11-10(4,5)7-16(13,14)15;1-5-7(2)8(11)10-9(3,4)6-15(12,13)14;1-5-8(2,3)7(10)9-6-11-4;1-4-6(2)7(9)8-5-10-3;1-5-7(2,3)6(9)8-4;1-4-5(2)6(8)7-3/h6-11H2,1-5H3,(H-,15,17,18,19);11H,5-10H2,1-4H3,(H-,14,16,17,18);6-7H2,1-5H3,(H,11,12)(H,13,14,15);7H,5-6H2,1-4H3,(H,10,11)(H,12,13,14);5-6H2,1-4H3,(H,9,10);6H,4-5H2,1-3H3,(H,8,9);5H2,1-4H3,(H,8,9);5H,4H2,1-3H3,(H,7,8). The summed E-state index contributed by atoms with van der Waals surface area (Å²) < 4.78 is 70.9. The minimum Gasteiger partial charge on any atom is -0.550 e. The van der Waals surface area contributed by atoms with E-state index in [0.717, 1.165) is 64.5 Å². The topological polar surface area (TPSA) is 440 Å². The van der Waals surface area contributed by atoms with Gasteiger partial charge >= 0.3 is 0 Å². The Kier molecular flexibility index (Phi) is 63.9. The lowest BCUT2D eigenvalue weighted by Crippen LogP contribution is -2.52. The second-order valence-electron chi connectivity index (χ2n) is 31.7. The van der Waals surface area contributed by atoms with Crippen LogP contribution >= 0.6 is 0 Å². The van der Waals surface area contributed by atoms with Gasteiger partial charge in [0.25, 0.3) is 20.2 Å². The van der Waals surface area contributed by atoms with Crippen LogP contribution < -0.4 is 52.7 Å². The minimum absolute atomic E-state index is 0.0434. The summed E-state index contributed by atoms with van der Waals surface area (Å²) in [5.41, 5.74) is -3.27. The Bertz CT molecular complexity index is 2740. The number of carboxylic acids is 2. The highest BCUT2D eigenvalue weighted by molar-refractivity contribution is 7.86. The normalized spacial score (nSPS) is 12.8. The van der Waals surface area contributed by atoms with Crippen molar-refractivity contribution in [1.29, 1.82) is 0 Å². The number of amides is 8. The number of nitrogens with one attached hydrogen (secondary N) is 8. The van der Waals surface area contributed by atoms with Gasteiger partial charge in [-0.05, 0) is 79.1 Å². The molecule has 0 aromatic carbocycles. The molecule has 0 rings (SSSR count). The average molecular weight is 1570 g/mol. The lowest BCUT2D eigenvalue weighted by molar-refractivity contribution is -0.890. The maximum absolute atomic E-state index is 11.8. The Morgan fingerprint density at radius 3 is 0.962 bits per heavy atom. The van der Waals surface area contributed by atoms with E-state index in [4.69, 9.17) is 13.8 Å². The van der Waals surface area contributed by atoms with E-state index in [1.165, 1.54) is 0 Å². The van der Waals surface area contributed by atoms with Crippen LogP contribution in [0.15, 0.2) is 0 Å². The third-order valence-electron chi connectivity index (χ3n) is 17.8. The van der Waals surface area contributed by atoms with Crippen molar-refractivity contribution in [3.8, 4) is 0 Å². The van der Waals surface area contributed by atoms with Gasteiger partial charge in [0.2, 0.25) is 47.3 Å². The van der Waals surface area contributed by atoms with E-state index < -0.39 is 60.2 Å². The van der Waals surface area contributed by atoms with Crippen LogP contribution in [0.5, 0.6) is 0 Å². The molecule has 0 radical (unpaired) electrons. The van der Waals surface area contributed by atoms with Gasteiger partial charge in [-0.25, -0.2) is 0 Å². The van der Waals surface area contributed by atoms with Crippen molar-refractivity contribution < 1.29 is 103 Å². The molecule has 0 bridgehead atoms. The van der Waals surface area contributed by atoms with Gasteiger partial charge in [0.1, 0.15) is 13.5 Å². The van der Waals surface area contributed by atoms with Gasteiger partial charge in [-0.1, -0.05) is 138 Å². The van der Waals surface area contributed by atoms with E-state index in [1.54, 1.807) is 76.8 Å². The summed E-state index contributed by atoms with van der Waals surface area (Å²) in [6.07, 6.45) is 8.34. The predicted molar refractivity (Wildman–Crippen MR) is 418 cm³/mol. The first-order chi connectivity index (χ1) is 47.9. The monoisotopic (exact) mass is 1570 g/mol. The maximum Gasteiger partial charge on any atom is 0.267 e. The number of carboxylic acid groups (broad SMARTS) is 2. The number of quaternary nitrogens is 2. The molecule has 106 heavy (non-hydrogen) atoms. The van der Waals surface area contributed by atoms with E-state index >= 15 is 0 Å². The van der Waals surface area contributed by atoms with Crippen LogP contribution in [0.3, 0.4) is 0 Å². The first-order valence-electron chi connectivity index (χ1n) is 37.0. The summed E-state index contributed by atoms with van der Waals surface area (Å²) >= 11 is 0. The largest absolute Gasteiger partial charge is 0.550 e. The van der Waals surface area contributed by atoms with Gasteiger partial charge in [0.05, 0.1) is 77.0 Å². The van der Waals surface area contributed by atoms with Crippen LogP contribution in [0.25, 0.3) is 0 Å². The molecule has 0 aliphatic carbocycles. The Hall–Kier alpha value is -5.64. The highest BCUT2D eigenvalue weighted by Crippen LogP contribution is 2.23. The Morgan fingerprint density at radius 2 is 0.679 bits per heavy atom. The lowest BCUT2D eigenvalue weighted by Gasteiger charge is -2.30. The predicted octanol–water partition coefficient (Wildman–Crippen LogP) is 5.76. The van der Waals surface area contributed by atoms with Crippen molar-refractivity contribution in [2.75, 3.05) is 121 Å². The maximum atomic E-state index is 11.8. The fourth-order valence-corrected chi connectivity index (χ4v) is 9.40. The molecule has 4 unspecified atom stereocenters. The molecule has 0 aromatic heterocycles. The summed E-state index contributed by atoms with van der Waals surface area (Å²) in [6, 6.07) is 0. The molecule has 32 heteroatoms. The summed E-state index contributed by atoms with van der Waals surface area (Å²) in [7, 11) is 6.21. The number of methoxy groups -OCH3 is 2.